The molecule has 1 fully saturated rings. The summed E-state index contributed by atoms with van der Waals surface area (Å²) in [7, 11) is 1.51. The number of Topliss-reactive ketones (excluding diaryl/α,β-unsaturated/α-hetero) is 1. The Bertz CT molecular complexity index is 401. The Kier molecular flexibility index (Phi) is 3.22. The maximum absolute atomic E-state index is 13.8. The first-order valence-corrected chi connectivity index (χ1v) is 5.56. The number of halogens is 1. The minimum absolute atomic E-state index is 0.0483. The fourth-order valence-corrected chi connectivity index (χ4v) is 2.26. The first-order chi connectivity index (χ1) is 7.70. The predicted molar refractivity (Wildman–Crippen MR) is 59.2 cm³/mol. The fourth-order valence-electron chi connectivity index (χ4n) is 2.26. The van der Waals surface area contributed by atoms with E-state index in [-0.39, 0.29) is 17.5 Å². The molecule has 1 atom stereocenters. The highest BCUT2D eigenvalue weighted by Crippen LogP contribution is 2.33. The Hall–Kier alpha value is -1.38. The third-order valence-corrected chi connectivity index (χ3v) is 3.13. The van der Waals surface area contributed by atoms with Crippen molar-refractivity contribution >= 4 is 5.78 Å². The van der Waals surface area contributed by atoms with Gasteiger partial charge in [-0.25, -0.2) is 4.39 Å². The van der Waals surface area contributed by atoms with Gasteiger partial charge in [0, 0.05) is 18.9 Å². The van der Waals surface area contributed by atoms with Crippen LogP contribution in [0.2, 0.25) is 0 Å². The molecule has 0 amide bonds. The highest BCUT2D eigenvalue weighted by Gasteiger charge is 2.23. The molecule has 1 aliphatic rings. The molecule has 0 saturated heterocycles. The summed E-state index contributed by atoms with van der Waals surface area (Å²) in [6.45, 7) is 0. The number of hydrogen-bond donors (Lipinski definition) is 0. The molecule has 0 radical (unpaired) electrons. The summed E-state index contributed by atoms with van der Waals surface area (Å²) in [6, 6.07) is 4.86. The molecule has 1 unspecified atom stereocenters. The second-order valence-corrected chi connectivity index (χ2v) is 4.22. The van der Waals surface area contributed by atoms with Crippen molar-refractivity contribution in [2.24, 2.45) is 0 Å². The topological polar surface area (TPSA) is 26.3 Å². The summed E-state index contributed by atoms with van der Waals surface area (Å²) in [5.41, 5.74) is 0.647. The minimum atomic E-state index is -0.265. The van der Waals surface area contributed by atoms with Crippen LogP contribution in [0.15, 0.2) is 18.2 Å². The van der Waals surface area contributed by atoms with Gasteiger partial charge in [-0.1, -0.05) is 6.07 Å². The van der Waals surface area contributed by atoms with Crippen molar-refractivity contribution in [3.8, 4) is 5.75 Å². The standard InChI is InChI=1S/C13H15FO2/c1-16-11-5-6-12(13(14)8-11)9-3-2-4-10(15)7-9/h5-6,8-9H,2-4,7H2,1H3. The highest BCUT2D eigenvalue weighted by atomic mass is 19.1. The second kappa shape index (κ2) is 4.64. The largest absolute Gasteiger partial charge is 0.497 e. The van der Waals surface area contributed by atoms with Crippen LogP contribution >= 0.6 is 0 Å². The summed E-state index contributed by atoms with van der Waals surface area (Å²) in [6.07, 6.45) is 2.89. The lowest BCUT2D eigenvalue weighted by Crippen LogP contribution is -2.14. The van der Waals surface area contributed by atoms with Crippen LogP contribution in [0, 0.1) is 5.82 Å². The molecule has 0 spiro atoms. The Morgan fingerprint density at radius 1 is 1.44 bits per heavy atom. The molecule has 3 heteroatoms. The molecule has 2 rings (SSSR count). The number of methoxy groups -OCH3 is 1. The number of rotatable bonds is 2. The van der Waals surface area contributed by atoms with E-state index < -0.39 is 0 Å². The van der Waals surface area contributed by atoms with E-state index in [0.717, 1.165) is 12.8 Å². The Balaban J connectivity index is 2.22. The van der Waals surface area contributed by atoms with Crippen LogP contribution in [0.25, 0.3) is 0 Å². The van der Waals surface area contributed by atoms with Gasteiger partial charge in [0.25, 0.3) is 0 Å². The lowest BCUT2D eigenvalue weighted by Gasteiger charge is -2.21. The van der Waals surface area contributed by atoms with Gasteiger partial charge in [-0.3, -0.25) is 4.79 Å². The van der Waals surface area contributed by atoms with E-state index in [1.807, 2.05) is 0 Å². The first kappa shape index (κ1) is 11.1. The van der Waals surface area contributed by atoms with E-state index >= 15 is 0 Å². The lowest BCUT2D eigenvalue weighted by atomic mass is 9.83. The summed E-state index contributed by atoms with van der Waals surface area (Å²) < 4.78 is 18.7. The normalized spacial score (nSPS) is 20.9. The van der Waals surface area contributed by atoms with Gasteiger partial charge in [0.05, 0.1) is 7.11 Å². The molecule has 86 valence electrons. The van der Waals surface area contributed by atoms with Crippen LogP contribution in [-0.4, -0.2) is 12.9 Å². The van der Waals surface area contributed by atoms with Crippen molar-refractivity contribution in [1.82, 2.24) is 0 Å². The highest BCUT2D eigenvalue weighted by molar-refractivity contribution is 5.80. The average molecular weight is 222 g/mol. The zero-order valence-corrected chi connectivity index (χ0v) is 9.33. The van der Waals surface area contributed by atoms with E-state index in [0.29, 0.717) is 24.2 Å². The Morgan fingerprint density at radius 2 is 2.25 bits per heavy atom. The van der Waals surface area contributed by atoms with Gasteiger partial charge in [0.15, 0.2) is 0 Å². The van der Waals surface area contributed by atoms with E-state index in [1.165, 1.54) is 13.2 Å². The quantitative estimate of drug-likeness (QED) is 0.768. The number of carbonyl (C=O) groups excluding carboxylic acids is 1. The van der Waals surface area contributed by atoms with Crippen LogP contribution in [0.3, 0.4) is 0 Å². The Morgan fingerprint density at radius 3 is 2.88 bits per heavy atom. The first-order valence-electron chi connectivity index (χ1n) is 5.56. The van der Waals surface area contributed by atoms with Gasteiger partial charge in [-0.05, 0) is 30.4 Å². The molecule has 0 bridgehead atoms. The van der Waals surface area contributed by atoms with Gasteiger partial charge < -0.3 is 4.74 Å². The molecule has 2 nitrogen and oxygen atoms in total. The monoisotopic (exact) mass is 222 g/mol. The maximum Gasteiger partial charge on any atom is 0.133 e. The van der Waals surface area contributed by atoms with E-state index in [2.05, 4.69) is 0 Å². The molecule has 1 saturated carbocycles. The zero-order chi connectivity index (χ0) is 11.5. The van der Waals surface area contributed by atoms with Crippen molar-refractivity contribution in [2.45, 2.75) is 31.6 Å². The van der Waals surface area contributed by atoms with Gasteiger partial charge in [-0.15, -0.1) is 0 Å². The summed E-state index contributed by atoms with van der Waals surface area (Å²) >= 11 is 0. The molecule has 0 N–H and O–H groups in total. The van der Waals surface area contributed by atoms with Crippen LogP contribution in [0.4, 0.5) is 4.39 Å². The lowest BCUT2D eigenvalue weighted by molar-refractivity contribution is -0.120. The number of hydrogen-bond acceptors (Lipinski definition) is 2. The van der Waals surface area contributed by atoms with Crippen LogP contribution in [0.1, 0.15) is 37.2 Å². The molecular formula is C13H15FO2. The summed E-state index contributed by atoms with van der Waals surface area (Å²) in [5.74, 6) is 0.543. The van der Waals surface area contributed by atoms with Gasteiger partial charge in [0.2, 0.25) is 0 Å². The Labute approximate surface area is 94.4 Å². The van der Waals surface area contributed by atoms with E-state index in [4.69, 9.17) is 4.74 Å². The number of ether oxygens (including phenoxy) is 1. The van der Waals surface area contributed by atoms with Crippen molar-refractivity contribution in [3.05, 3.63) is 29.6 Å². The molecule has 16 heavy (non-hydrogen) atoms. The van der Waals surface area contributed by atoms with Crippen molar-refractivity contribution in [2.75, 3.05) is 7.11 Å². The van der Waals surface area contributed by atoms with E-state index in [9.17, 15) is 9.18 Å². The van der Waals surface area contributed by atoms with Crippen LogP contribution in [0.5, 0.6) is 5.75 Å². The molecule has 0 heterocycles. The third kappa shape index (κ3) is 2.23. The van der Waals surface area contributed by atoms with Crippen molar-refractivity contribution in [1.29, 1.82) is 0 Å². The molecule has 1 aromatic rings. The fraction of sp³-hybridized carbons (Fsp3) is 0.462. The molecule has 0 aliphatic heterocycles. The minimum Gasteiger partial charge on any atom is -0.497 e. The predicted octanol–water partition coefficient (Wildman–Crippen LogP) is 3.06. The number of ketones is 1. The summed E-state index contributed by atoms with van der Waals surface area (Å²) in [5, 5.41) is 0. The van der Waals surface area contributed by atoms with Gasteiger partial charge in [-0.2, -0.15) is 0 Å². The zero-order valence-electron chi connectivity index (χ0n) is 9.33. The smallest absolute Gasteiger partial charge is 0.133 e. The molecule has 0 aromatic heterocycles. The molecule has 1 aromatic carbocycles. The average Bonchev–Trinajstić information content (AvgIpc) is 2.28. The van der Waals surface area contributed by atoms with Gasteiger partial charge >= 0.3 is 0 Å². The number of carbonyl (C=O) groups is 1. The third-order valence-electron chi connectivity index (χ3n) is 3.13. The maximum atomic E-state index is 13.8. The SMILES string of the molecule is COc1ccc(C2CCCC(=O)C2)c(F)c1. The second-order valence-electron chi connectivity index (χ2n) is 4.22. The van der Waals surface area contributed by atoms with Crippen LogP contribution < -0.4 is 4.74 Å². The summed E-state index contributed by atoms with van der Waals surface area (Å²) in [4.78, 5) is 11.3. The molecular weight excluding hydrogens is 207 g/mol. The molecule has 1 aliphatic carbocycles. The van der Waals surface area contributed by atoms with Crippen LogP contribution in [-0.2, 0) is 4.79 Å². The number of benzene rings is 1. The van der Waals surface area contributed by atoms with Crippen molar-refractivity contribution < 1.29 is 13.9 Å². The van der Waals surface area contributed by atoms with Crippen molar-refractivity contribution in [3.63, 3.8) is 0 Å². The van der Waals surface area contributed by atoms with E-state index in [1.54, 1.807) is 12.1 Å². The van der Waals surface area contributed by atoms with Gasteiger partial charge in [0.1, 0.15) is 17.3 Å².